The largest absolute Gasteiger partial charge is 0.480 e. The smallest absolute Gasteiger partial charge is 0.329 e. The average molecular weight is 179 g/mol. The van der Waals surface area contributed by atoms with Crippen LogP contribution in [0.5, 0.6) is 0 Å². The standard InChI is InChI=1S/C9H9NO3/c11-9(12)8-5-6-3-1-2-4-7(6)10(8)13/h1-4,8,13H,5H2,(H,11,12). The molecule has 68 valence electrons. The SMILES string of the molecule is O=C(O)C1Cc2ccccc2N1O. The van der Waals surface area contributed by atoms with E-state index in [9.17, 15) is 10.0 Å². The number of benzene rings is 1. The summed E-state index contributed by atoms with van der Waals surface area (Å²) >= 11 is 0. The molecule has 0 spiro atoms. The molecule has 2 N–H and O–H groups in total. The fourth-order valence-electron chi connectivity index (χ4n) is 1.56. The van der Waals surface area contributed by atoms with Crippen molar-refractivity contribution in [3.05, 3.63) is 29.8 Å². The second-order valence-corrected chi connectivity index (χ2v) is 3.03. The minimum Gasteiger partial charge on any atom is -0.480 e. The number of hydroxylamine groups is 1. The minimum atomic E-state index is -1.00. The average Bonchev–Trinajstić information content (AvgIpc) is 2.45. The van der Waals surface area contributed by atoms with Gasteiger partial charge in [-0.15, -0.1) is 0 Å². The van der Waals surface area contributed by atoms with E-state index in [1.165, 1.54) is 0 Å². The zero-order valence-electron chi connectivity index (χ0n) is 6.84. The molecule has 0 aliphatic carbocycles. The lowest BCUT2D eigenvalue weighted by Gasteiger charge is -2.15. The number of anilines is 1. The number of hydrogen-bond acceptors (Lipinski definition) is 3. The van der Waals surface area contributed by atoms with Crippen molar-refractivity contribution in [1.82, 2.24) is 0 Å². The third kappa shape index (κ3) is 1.15. The lowest BCUT2D eigenvalue weighted by Crippen LogP contribution is -2.35. The number of carbonyl (C=O) groups is 1. The lowest BCUT2D eigenvalue weighted by atomic mass is 10.1. The Bertz CT molecular complexity index is 350. The monoisotopic (exact) mass is 179 g/mol. The molecule has 13 heavy (non-hydrogen) atoms. The normalized spacial score (nSPS) is 20.1. The van der Waals surface area contributed by atoms with Crippen molar-refractivity contribution in [2.45, 2.75) is 12.5 Å². The Hall–Kier alpha value is -1.55. The molecule has 4 heteroatoms. The molecule has 0 saturated carbocycles. The Morgan fingerprint density at radius 3 is 2.77 bits per heavy atom. The molecule has 4 nitrogen and oxygen atoms in total. The molecular weight excluding hydrogens is 170 g/mol. The van der Waals surface area contributed by atoms with Crippen LogP contribution < -0.4 is 5.06 Å². The first-order valence-electron chi connectivity index (χ1n) is 3.99. The second kappa shape index (κ2) is 2.74. The number of aliphatic carboxylic acids is 1. The summed E-state index contributed by atoms with van der Waals surface area (Å²) in [6.45, 7) is 0. The maximum Gasteiger partial charge on any atom is 0.329 e. The number of carboxylic acid groups (broad SMARTS) is 1. The zero-order chi connectivity index (χ0) is 9.42. The van der Waals surface area contributed by atoms with Crippen molar-refractivity contribution in [2.75, 3.05) is 5.06 Å². The Morgan fingerprint density at radius 1 is 1.46 bits per heavy atom. The molecule has 1 aliphatic heterocycles. The number of nitrogens with zero attached hydrogens (tertiary/aromatic N) is 1. The summed E-state index contributed by atoms with van der Waals surface area (Å²) in [5.74, 6) is -1.00. The van der Waals surface area contributed by atoms with Crippen LogP contribution in [0.25, 0.3) is 0 Å². The van der Waals surface area contributed by atoms with Gasteiger partial charge in [-0.3, -0.25) is 5.21 Å². The zero-order valence-corrected chi connectivity index (χ0v) is 6.84. The van der Waals surface area contributed by atoms with Gasteiger partial charge in [0.25, 0.3) is 0 Å². The summed E-state index contributed by atoms with van der Waals surface area (Å²) in [7, 11) is 0. The van der Waals surface area contributed by atoms with E-state index < -0.39 is 12.0 Å². The first-order valence-corrected chi connectivity index (χ1v) is 3.99. The Labute approximate surface area is 75.0 Å². The van der Waals surface area contributed by atoms with Gasteiger partial charge in [-0.2, -0.15) is 0 Å². The molecule has 2 rings (SSSR count). The van der Waals surface area contributed by atoms with Gasteiger partial charge in [-0.25, -0.2) is 9.86 Å². The van der Waals surface area contributed by atoms with E-state index >= 15 is 0 Å². The highest BCUT2D eigenvalue weighted by atomic mass is 16.5. The summed E-state index contributed by atoms with van der Waals surface area (Å²) < 4.78 is 0. The third-order valence-electron chi connectivity index (χ3n) is 2.23. The number of carboxylic acids is 1. The van der Waals surface area contributed by atoms with Gasteiger partial charge in [-0.1, -0.05) is 18.2 Å². The van der Waals surface area contributed by atoms with Crippen molar-refractivity contribution in [2.24, 2.45) is 0 Å². The van der Waals surface area contributed by atoms with Crippen LogP contribution in [-0.4, -0.2) is 22.3 Å². The molecule has 0 saturated heterocycles. The molecule has 1 atom stereocenters. The quantitative estimate of drug-likeness (QED) is 0.672. The van der Waals surface area contributed by atoms with Gasteiger partial charge in [0.05, 0.1) is 5.69 Å². The highest BCUT2D eigenvalue weighted by Crippen LogP contribution is 2.29. The molecule has 0 amide bonds. The fourth-order valence-corrected chi connectivity index (χ4v) is 1.56. The maximum atomic E-state index is 10.7. The van der Waals surface area contributed by atoms with Crippen molar-refractivity contribution in [3.63, 3.8) is 0 Å². The molecule has 1 unspecified atom stereocenters. The van der Waals surface area contributed by atoms with E-state index in [4.69, 9.17) is 5.11 Å². The van der Waals surface area contributed by atoms with Crippen molar-refractivity contribution >= 4 is 11.7 Å². The van der Waals surface area contributed by atoms with Crippen molar-refractivity contribution in [3.8, 4) is 0 Å². The first-order chi connectivity index (χ1) is 6.20. The first kappa shape index (κ1) is 8.07. The lowest BCUT2D eigenvalue weighted by molar-refractivity contribution is -0.139. The van der Waals surface area contributed by atoms with Gasteiger partial charge in [0, 0.05) is 6.42 Å². The van der Waals surface area contributed by atoms with Crippen molar-refractivity contribution in [1.29, 1.82) is 0 Å². The summed E-state index contributed by atoms with van der Waals surface area (Å²) in [6, 6.07) is 6.29. The van der Waals surface area contributed by atoms with Crippen LogP contribution in [0.3, 0.4) is 0 Å². The Balaban J connectivity index is 2.38. The molecule has 1 aromatic rings. The summed E-state index contributed by atoms with van der Waals surface area (Å²) in [6.07, 6.45) is 0.363. The molecule has 1 aromatic carbocycles. The number of rotatable bonds is 1. The summed E-state index contributed by atoms with van der Waals surface area (Å²) in [5, 5.41) is 19.0. The van der Waals surface area contributed by atoms with E-state index in [2.05, 4.69) is 0 Å². The van der Waals surface area contributed by atoms with Gasteiger partial charge in [0.15, 0.2) is 6.04 Å². The van der Waals surface area contributed by atoms with Gasteiger partial charge in [0.2, 0.25) is 0 Å². The molecule has 0 fully saturated rings. The van der Waals surface area contributed by atoms with Crippen LogP contribution in [-0.2, 0) is 11.2 Å². The Kier molecular flexibility index (Phi) is 1.70. The van der Waals surface area contributed by atoms with Gasteiger partial charge < -0.3 is 5.11 Å². The van der Waals surface area contributed by atoms with Gasteiger partial charge in [0.1, 0.15) is 0 Å². The third-order valence-corrected chi connectivity index (χ3v) is 2.23. The molecule has 0 bridgehead atoms. The summed E-state index contributed by atoms with van der Waals surface area (Å²) in [4.78, 5) is 10.7. The van der Waals surface area contributed by atoms with Crippen LogP contribution in [0.2, 0.25) is 0 Å². The second-order valence-electron chi connectivity index (χ2n) is 3.03. The van der Waals surface area contributed by atoms with E-state index in [-0.39, 0.29) is 0 Å². The number of hydrogen-bond donors (Lipinski definition) is 2. The van der Waals surface area contributed by atoms with Crippen LogP contribution >= 0.6 is 0 Å². The highest BCUT2D eigenvalue weighted by Gasteiger charge is 2.33. The fraction of sp³-hybridized carbons (Fsp3) is 0.222. The number of fused-ring (bicyclic) bond motifs is 1. The van der Waals surface area contributed by atoms with Crippen LogP contribution in [0.4, 0.5) is 5.69 Å². The van der Waals surface area contributed by atoms with E-state index in [1.807, 2.05) is 12.1 Å². The van der Waals surface area contributed by atoms with E-state index in [1.54, 1.807) is 12.1 Å². The van der Waals surface area contributed by atoms with Crippen molar-refractivity contribution < 1.29 is 15.1 Å². The van der Waals surface area contributed by atoms with Gasteiger partial charge >= 0.3 is 5.97 Å². The molecule has 0 aromatic heterocycles. The predicted octanol–water partition coefficient (Wildman–Crippen LogP) is 0.891. The highest BCUT2D eigenvalue weighted by molar-refractivity contribution is 5.81. The Morgan fingerprint density at radius 2 is 2.15 bits per heavy atom. The molecule has 0 radical (unpaired) electrons. The molecular formula is C9H9NO3. The van der Waals surface area contributed by atoms with Gasteiger partial charge in [-0.05, 0) is 11.6 Å². The van der Waals surface area contributed by atoms with E-state index in [0.717, 1.165) is 10.6 Å². The minimum absolute atomic E-state index is 0.363. The molecule has 1 aliphatic rings. The van der Waals surface area contributed by atoms with Crippen LogP contribution in [0.15, 0.2) is 24.3 Å². The van der Waals surface area contributed by atoms with Crippen LogP contribution in [0.1, 0.15) is 5.56 Å². The van der Waals surface area contributed by atoms with E-state index in [0.29, 0.717) is 12.1 Å². The summed E-state index contributed by atoms with van der Waals surface area (Å²) in [5.41, 5.74) is 1.47. The van der Waals surface area contributed by atoms with Crippen LogP contribution in [0, 0.1) is 0 Å². The predicted molar refractivity (Wildman–Crippen MR) is 45.8 cm³/mol. The topological polar surface area (TPSA) is 60.8 Å². The number of para-hydroxylation sites is 1. The molecule has 1 heterocycles. The maximum absolute atomic E-state index is 10.7.